The first-order valence-corrected chi connectivity index (χ1v) is 9.25. The monoisotopic (exact) mass is 401 g/mol. The van der Waals surface area contributed by atoms with Crippen LogP contribution in [0, 0.1) is 5.82 Å². The lowest BCUT2D eigenvalue weighted by Crippen LogP contribution is -2.25. The Labute approximate surface area is 165 Å². The Bertz CT molecular complexity index is 1020. The molecule has 1 fully saturated rings. The molecule has 0 N–H and O–H groups in total. The second kappa shape index (κ2) is 7.59. The summed E-state index contributed by atoms with van der Waals surface area (Å²) in [6.45, 7) is 2.73. The number of carbonyl (C=O) groups is 1. The van der Waals surface area contributed by atoms with E-state index in [4.69, 9.17) is 20.9 Å². The van der Waals surface area contributed by atoms with Gasteiger partial charge in [-0.15, -0.1) is 0 Å². The van der Waals surface area contributed by atoms with Crippen LogP contribution in [0.4, 0.5) is 10.1 Å². The Morgan fingerprint density at radius 1 is 1.32 bits per heavy atom. The van der Waals surface area contributed by atoms with Crippen LogP contribution < -0.4 is 9.64 Å². The summed E-state index contributed by atoms with van der Waals surface area (Å²) in [5, 5.41) is 4.30. The second-order valence-electron chi connectivity index (χ2n) is 6.42. The molecule has 1 unspecified atom stereocenters. The zero-order valence-corrected chi connectivity index (χ0v) is 15.8. The summed E-state index contributed by atoms with van der Waals surface area (Å²) < 4.78 is 25.1. The molecule has 0 saturated carbocycles. The number of benzene rings is 2. The molecule has 0 aliphatic carbocycles. The maximum absolute atomic E-state index is 14.2. The molecule has 144 valence electrons. The predicted molar refractivity (Wildman–Crippen MR) is 102 cm³/mol. The van der Waals surface area contributed by atoms with Crippen molar-refractivity contribution in [2.45, 2.75) is 19.3 Å². The van der Waals surface area contributed by atoms with Gasteiger partial charge in [-0.25, -0.2) is 4.39 Å². The van der Waals surface area contributed by atoms with Crippen LogP contribution in [0.3, 0.4) is 0 Å². The summed E-state index contributed by atoms with van der Waals surface area (Å²) in [6, 6.07) is 11.6. The van der Waals surface area contributed by atoms with Crippen LogP contribution in [0.5, 0.6) is 5.75 Å². The summed E-state index contributed by atoms with van der Waals surface area (Å²) in [5.74, 6) is 0.428. The first-order chi connectivity index (χ1) is 13.5. The number of ether oxygens (including phenoxy) is 1. The number of aromatic nitrogens is 2. The molecule has 2 aromatic carbocycles. The highest BCUT2D eigenvalue weighted by Gasteiger charge is 2.36. The van der Waals surface area contributed by atoms with E-state index in [2.05, 4.69) is 10.1 Å². The molecule has 28 heavy (non-hydrogen) atoms. The van der Waals surface area contributed by atoms with Crippen LogP contribution in [0.1, 0.15) is 25.2 Å². The summed E-state index contributed by atoms with van der Waals surface area (Å²) in [7, 11) is 0. The predicted octanol–water partition coefficient (Wildman–Crippen LogP) is 4.45. The number of hydrogen-bond acceptors (Lipinski definition) is 5. The smallest absolute Gasteiger partial charge is 0.232 e. The molecule has 0 bridgehead atoms. The Kier molecular flexibility index (Phi) is 5.00. The molecule has 2 heterocycles. The number of rotatable bonds is 5. The van der Waals surface area contributed by atoms with Crippen molar-refractivity contribution in [3.8, 4) is 17.1 Å². The molecule has 6 nitrogen and oxygen atoms in total. The van der Waals surface area contributed by atoms with Crippen molar-refractivity contribution in [1.29, 1.82) is 0 Å². The average Bonchev–Trinajstić information content (AvgIpc) is 3.30. The van der Waals surface area contributed by atoms with E-state index in [9.17, 15) is 9.18 Å². The normalized spacial score (nSPS) is 16.6. The van der Waals surface area contributed by atoms with Gasteiger partial charge in [0.15, 0.2) is 0 Å². The standard InChI is InChI=1S/C20H17ClFN3O3/c1-2-27-15-5-3-4-12(8-15)19-23-20(28-24-19)13-9-18(26)25(11-13)17-7-6-14(21)10-16(17)22/h3-8,10,13H,2,9,11H2,1H3. The number of anilines is 1. The summed E-state index contributed by atoms with van der Waals surface area (Å²) >= 11 is 5.79. The highest BCUT2D eigenvalue weighted by molar-refractivity contribution is 6.30. The van der Waals surface area contributed by atoms with E-state index in [1.165, 1.54) is 17.0 Å². The van der Waals surface area contributed by atoms with Gasteiger partial charge in [-0.3, -0.25) is 4.79 Å². The third-order valence-electron chi connectivity index (χ3n) is 4.52. The summed E-state index contributed by atoms with van der Waals surface area (Å²) in [6.07, 6.45) is 0.169. The van der Waals surface area contributed by atoms with Crippen LogP contribution in [0.15, 0.2) is 47.0 Å². The van der Waals surface area contributed by atoms with Gasteiger partial charge in [0.05, 0.1) is 18.2 Å². The maximum Gasteiger partial charge on any atom is 0.232 e. The largest absolute Gasteiger partial charge is 0.494 e. The summed E-state index contributed by atoms with van der Waals surface area (Å²) in [4.78, 5) is 18.2. The third kappa shape index (κ3) is 3.57. The SMILES string of the molecule is CCOc1cccc(-c2noc(C3CC(=O)N(c4ccc(Cl)cc4F)C3)n2)c1. The average molecular weight is 402 g/mol. The fourth-order valence-corrected chi connectivity index (χ4v) is 3.37. The van der Waals surface area contributed by atoms with Gasteiger partial charge in [0.25, 0.3) is 0 Å². The second-order valence-corrected chi connectivity index (χ2v) is 6.85. The third-order valence-corrected chi connectivity index (χ3v) is 4.75. The van der Waals surface area contributed by atoms with E-state index >= 15 is 0 Å². The minimum absolute atomic E-state index is 0.169. The molecule has 1 aromatic heterocycles. The Morgan fingerprint density at radius 3 is 2.96 bits per heavy atom. The van der Waals surface area contributed by atoms with E-state index < -0.39 is 5.82 Å². The Morgan fingerprint density at radius 2 is 2.18 bits per heavy atom. The van der Waals surface area contributed by atoms with Gasteiger partial charge in [-0.2, -0.15) is 4.98 Å². The lowest BCUT2D eigenvalue weighted by Gasteiger charge is -2.16. The molecular formula is C20H17ClFN3O3. The molecule has 1 aliphatic heterocycles. The molecule has 1 aliphatic rings. The van der Waals surface area contributed by atoms with Crippen molar-refractivity contribution in [3.05, 3.63) is 59.2 Å². The fourth-order valence-electron chi connectivity index (χ4n) is 3.22. The molecule has 4 rings (SSSR count). The zero-order valence-electron chi connectivity index (χ0n) is 15.1. The number of hydrogen-bond donors (Lipinski definition) is 0. The van der Waals surface area contributed by atoms with Crippen LogP contribution in [-0.4, -0.2) is 29.2 Å². The molecule has 0 radical (unpaired) electrons. The molecule has 0 spiro atoms. The van der Waals surface area contributed by atoms with E-state index in [0.717, 1.165) is 5.56 Å². The Hall–Kier alpha value is -2.93. The fraction of sp³-hybridized carbons (Fsp3) is 0.250. The van der Waals surface area contributed by atoms with Gasteiger partial charge in [0.2, 0.25) is 17.6 Å². The van der Waals surface area contributed by atoms with Gasteiger partial charge in [-0.05, 0) is 37.3 Å². The lowest BCUT2D eigenvalue weighted by atomic mass is 10.1. The van der Waals surface area contributed by atoms with Crippen molar-refractivity contribution in [3.63, 3.8) is 0 Å². The van der Waals surface area contributed by atoms with Crippen LogP contribution in [0.25, 0.3) is 11.4 Å². The van der Waals surface area contributed by atoms with E-state index in [-0.39, 0.29) is 35.5 Å². The number of carbonyl (C=O) groups excluding carboxylic acids is 1. The quantitative estimate of drug-likeness (QED) is 0.631. The zero-order chi connectivity index (χ0) is 19.7. The van der Waals surface area contributed by atoms with E-state index in [0.29, 0.717) is 24.1 Å². The summed E-state index contributed by atoms with van der Waals surface area (Å²) in [5.41, 5.74) is 0.951. The topological polar surface area (TPSA) is 68.5 Å². The van der Waals surface area contributed by atoms with Crippen molar-refractivity contribution >= 4 is 23.2 Å². The first-order valence-electron chi connectivity index (χ1n) is 8.87. The number of amides is 1. The molecule has 8 heteroatoms. The molecule has 1 saturated heterocycles. The van der Waals surface area contributed by atoms with Gasteiger partial charge in [0.1, 0.15) is 11.6 Å². The minimum atomic E-state index is -0.541. The van der Waals surface area contributed by atoms with Gasteiger partial charge in [0, 0.05) is 23.6 Å². The van der Waals surface area contributed by atoms with Crippen molar-refractivity contribution in [2.24, 2.45) is 0 Å². The van der Waals surface area contributed by atoms with Crippen molar-refractivity contribution < 1.29 is 18.4 Å². The highest BCUT2D eigenvalue weighted by atomic mass is 35.5. The molecule has 3 aromatic rings. The van der Waals surface area contributed by atoms with Crippen LogP contribution in [0.2, 0.25) is 5.02 Å². The maximum atomic E-state index is 14.2. The minimum Gasteiger partial charge on any atom is -0.494 e. The van der Waals surface area contributed by atoms with Gasteiger partial charge in [-0.1, -0.05) is 28.9 Å². The number of nitrogens with zero attached hydrogens (tertiary/aromatic N) is 3. The van der Waals surface area contributed by atoms with E-state index in [1.54, 1.807) is 6.07 Å². The van der Waals surface area contributed by atoms with Crippen molar-refractivity contribution in [1.82, 2.24) is 10.1 Å². The Balaban J connectivity index is 1.55. The molecule has 1 amide bonds. The van der Waals surface area contributed by atoms with Crippen LogP contribution in [-0.2, 0) is 4.79 Å². The van der Waals surface area contributed by atoms with Crippen molar-refractivity contribution in [2.75, 3.05) is 18.1 Å². The first kappa shape index (κ1) is 18.4. The molecule has 1 atom stereocenters. The van der Waals surface area contributed by atoms with Gasteiger partial charge < -0.3 is 14.2 Å². The number of halogens is 2. The van der Waals surface area contributed by atoms with Gasteiger partial charge >= 0.3 is 0 Å². The molecular weight excluding hydrogens is 385 g/mol. The van der Waals surface area contributed by atoms with Crippen LogP contribution >= 0.6 is 11.6 Å². The highest BCUT2D eigenvalue weighted by Crippen LogP contribution is 2.34. The van der Waals surface area contributed by atoms with E-state index in [1.807, 2.05) is 31.2 Å². The lowest BCUT2D eigenvalue weighted by molar-refractivity contribution is -0.117.